The second-order valence-electron chi connectivity index (χ2n) is 8.73. The van der Waals surface area contributed by atoms with Crippen LogP contribution < -0.4 is 14.8 Å². The van der Waals surface area contributed by atoms with E-state index in [-0.39, 0.29) is 0 Å². The van der Waals surface area contributed by atoms with Crippen molar-refractivity contribution in [1.29, 1.82) is 0 Å². The van der Waals surface area contributed by atoms with E-state index < -0.39 is 6.10 Å². The molecule has 2 aliphatic rings. The Kier molecular flexibility index (Phi) is 10.2. The van der Waals surface area contributed by atoms with Crippen LogP contribution in [0.5, 0.6) is 11.5 Å². The van der Waals surface area contributed by atoms with E-state index in [1.54, 1.807) is 7.11 Å². The fourth-order valence-electron chi connectivity index (χ4n) is 4.44. The molecule has 2 N–H and O–H groups in total. The first-order valence-corrected chi connectivity index (χ1v) is 11.9. The van der Waals surface area contributed by atoms with Crippen molar-refractivity contribution < 1.29 is 14.6 Å². The summed E-state index contributed by atoms with van der Waals surface area (Å²) in [5, 5.41) is 14.1. The average Bonchev–Trinajstić information content (AvgIpc) is 3.25. The molecule has 30 heavy (non-hydrogen) atoms. The van der Waals surface area contributed by atoms with Crippen LogP contribution in [0, 0.1) is 0 Å². The number of nitrogens with one attached hydrogen (secondary N) is 1. The lowest BCUT2D eigenvalue weighted by Gasteiger charge is -2.27. The first kappa shape index (κ1) is 23.3. The molecule has 2 fully saturated rings. The molecule has 0 spiro atoms. The molecule has 1 atom stereocenters. The zero-order valence-electron chi connectivity index (χ0n) is 18.8. The molecule has 0 aliphatic carbocycles. The molecule has 2 aliphatic heterocycles. The Morgan fingerprint density at radius 3 is 2.37 bits per heavy atom. The summed E-state index contributed by atoms with van der Waals surface area (Å²) >= 11 is 0. The average molecular weight is 420 g/mol. The van der Waals surface area contributed by atoms with Crippen LogP contribution in [0.2, 0.25) is 0 Å². The molecule has 6 heteroatoms. The zero-order chi connectivity index (χ0) is 21.0. The molecule has 2 saturated heterocycles. The second-order valence-corrected chi connectivity index (χ2v) is 8.73. The summed E-state index contributed by atoms with van der Waals surface area (Å²) in [6.45, 7) is 8.46. The molecule has 1 aromatic rings. The van der Waals surface area contributed by atoms with Crippen molar-refractivity contribution in [2.75, 3.05) is 59.5 Å². The monoisotopic (exact) mass is 419 g/mol. The summed E-state index contributed by atoms with van der Waals surface area (Å²) < 4.78 is 11.4. The van der Waals surface area contributed by atoms with E-state index in [9.17, 15) is 5.11 Å². The molecule has 0 radical (unpaired) electrons. The first-order valence-electron chi connectivity index (χ1n) is 11.9. The highest BCUT2D eigenvalue weighted by molar-refractivity contribution is 5.40. The van der Waals surface area contributed by atoms with Crippen LogP contribution in [0.1, 0.15) is 50.5 Å². The third-order valence-corrected chi connectivity index (χ3v) is 6.24. The lowest BCUT2D eigenvalue weighted by Crippen LogP contribution is -2.37. The van der Waals surface area contributed by atoms with Gasteiger partial charge in [-0.1, -0.05) is 25.3 Å². The number of benzene rings is 1. The highest BCUT2D eigenvalue weighted by atomic mass is 16.5. The van der Waals surface area contributed by atoms with Crippen molar-refractivity contribution in [1.82, 2.24) is 15.1 Å². The summed E-state index contributed by atoms with van der Waals surface area (Å²) in [5.74, 6) is 1.58. The number of methoxy groups -OCH3 is 1. The molecule has 3 rings (SSSR count). The molecule has 0 saturated carbocycles. The number of ether oxygens (including phenoxy) is 2. The van der Waals surface area contributed by atoms with Crippen molar-refractivity contribution in [2.24, 2.45) is 0 Å². The van der Waals surface area contributed by atoms with Crippen molar-refractivity contribution in [3.05, 3.63) is 23.8 Å². The van der Waals surface area contributed by atoms with Gasteiger partial charge >= 0.3 is 0 Å². The van der Waals surface area contributed by atoms with E-state index >= 15 is 0 Å². The maximum atomic E-state index is 10.6. The van der Waals surface area contributed by atoms with Crippen LogP contribution in [0.3, 0.4) is 0 Å². The smallest absolute Gasteiger partial charge is 0.127 e. The van der Waals surface area contributed by atoms with Crippen molar-refractivity contribution in [3.8, 4) is 11.5 Å². The highest BCUT2D eigenvalue weighted by Gasteiger charge is 2.15. The molecular weight excluding hydrogens is 378 g/mol. The minimum atomic E-state index is -0.480. The van der Waals surface area contributed by atoms with E-state index in [2.05, 4.69) is 21.2 Å². The summed E-state index contributed by atoms with van der Waals surface area (Å²) in [5.41, 5.74) is 1.11. The normalized spacial score (nSPS) is 19.9. The summed E-state index contributed by atoms with van der Waals surface area (Å²) in [4.78, 5) is 4.90. The lowest BCUT2D eigenvalue weighted by atomic mass is 10.1. The fourth-order valence-corrected chi connectivity index (χ4v) is 4.44. The van der Waals surface area contributed by atoms with Crippen LogP contribution in [0.4, 0.5) is 0 Å². The van der Waals surface area contributed by atoms with E-state index in [4.69, 9.17) is 9.47 Å². The van der Waals surface area contributed by atoms with Gasteiger partial charge in [-0.3, -0.25) is 0 Å². The van der Waals surface area contributed by atoms with E-state index in [0.717, 1.165) is 49.8 Å². The van der Waals surface area contributed by atoms with Crippen molar-refractivity contribution in [2.45, 2.75) is 57.6 Å². The van der Waals surface area contributed by atoms with Gasteiger partial charge in [0.1, 0.15) is 24.2 Å². The molecule has 170 valence electrons. The van der Waals surface area contributed by atoms with Crippen LogP contribution in [0.25, 0.3) is 0 Å². The number of aliphatic hydroxyl groups excluding tert-OH is 1. The minimum absolute atomic E-state index is 0.310. The molecule has 1 aromatic carbocycles. The Morgan fingerprint density at radius 1 is 0.967 bits per heavy atom. The number of nitrogens with zero attached hydrogens (tertiary/aromatic N) is 2. The van der Waals surface area contributed by atoms with Gasteiger partial charge in [0.25, 0.3) is 0 Å². The lowest BCUT2D eigenvalue weighted by molar-refractivity contribution is 0.0650. The number of hydrogen-bond donors (Lipinski definition) is 2. The minimum Gasteiger partial charge on any atom is -0.497 e. The molecular formula is C24H41N3O3. The van der Waals surface area contributed by atoms with Gasteiger partial charge in [-0.2, -0.15) is 0 Å². The Morgan fingerprint density at radius 2 is 1.63 bits per heavy atom. The largest absolute Gasteiger partial charge is 0.497 e. The SMILES string of the molecule is COc1ccc(CNCCN2CCCC2)c(OCC(O)CN2CCCCCCC2)c1. The number of hydrogen-bond acceptors (Lipinski definition) is 6. The molecule has 1 unspecified atom stereocenters. The third-order valence-electron chi connectivity index (χ3n) is 6.24. The van der Waals surface area contributed by atoms with E-state index in [1.807, 2.05) is 12.1 Å². The molecule has 6 nitrogen and oxygen atoms in total. The highest BCUT2D eigenvalue weighted by Crippen LogP contribution is 2.25. The van der Waals surface area contributed by atoms with Crippen molar-refractivity contribution >= 4 is 0 Å². The molecule has 2 heterocycles. The van der Waals surface area contributed by atoms with Crippen molar-refractivity contribution in [3.63, 3.8) is 0 Å². The Hall–Kier alpha value is -1.34. The maximum Gasteiger partial charge on any atom is 0.127 e. The third kappa shape index (κ3) is 8.06. The van der Waals surface area contributed by atoms with Gasteiger partial charge in [0.15, 0.2) is 0 Å². The zero-order valence-corrected chi connectivity index (χ0v) is 18.8. The quantitative estimate of drug-likeness (QED) is 0.538. The van der Waals surface area contributed by atoms with Gasteiger partial charge in [-0.25, -0.2) is 0 Å². The fraction of sp³-hybridized carbons (Fsp3) is 0.750. The van der Waals surface area contributed by atoms with E-state index in [1.165, 1.54) is 58.0 Å². The van der Waals surface area contributed by atoms with Crippen LogP contribution >= 0.6 is 0 Å². The van der Waals surface area contributed by atoms with Gasteiger partial charge in [-0.05, 0) is 57.9 Å². The Balaban J connectivity index is 1.46. The van der Waals surface area contributed by atoms with Gasteiger partial charge in [0, 0.05) is 37.8 Å². The molecule has 0 amide bonds. The standard InChI is InChI=1S/C24H41N3O3/c1-29-23-10-9-21(18-25-11-16-26-12-7-8-13-26)24(17-23)30-20-22(28)19-27-14-5-3-2-4-6-15-27/h9-10,17,22,25,28H,2-8,11-16,18-20H2,1H3. The first-order chi connectivity index (χ1) is 14.7. The second kappa shape index (κ2) is 13.2. The maximum absolute atomic E-state index is 10.6. The predicted octanol–water partition coefficient (Wildman–Crippen LogP) is 2.89. The van der Waals surface area contributed by atoms with E-state index in [0.29, 0.717) is 13.2 Å². The van der Waals surface area contributed by atoms with Gasteiger partial charge in [-0.15, -0.1) is 0 Å². The summed E-state index contributed by atoms with van der Waals surface area (Å²) in [6.07, 6.45) is 8.61. The summed E-state index contributed by atoms with van der Waals surface area (Å²) in [6, 6.07) is 5.96. The number of likely N-dealkylation sites (tertiary alicyclic amines) is 2. The summed E-state index contributed by atoms with van der Waals surface area (Å²) in [7, 11) is 1.67. The van der Waals surface area contributed by atoms with Gasteiger partial charge in [0.05, 0.1) is 7.11 Å². The molecule has 0 aromatic heterocycles. The topological polar surface area (TPSA) is 57.2 Å². The van der Waals surface area contributed by atoms with Gasteiger partial charge in [0.2, 0.25) is 0 Å². The number of rotatable bonds is 11. The van der Waals surface area contributed by atoms with Crippen LogP contribution in [0.15, 0.2) is 18.2 Å². The Labute approximate surface area is 182 Å². The Bertz CT molecular complexity index is 599. The number of β-amino-alcohol motifs (C(OH)–C–C–N with tert-alkyl or cyclic N) is 1. The van der Waals surface area contributed by atoms with Crippen LogP contribution in [-0.2, 0) is 6.54 Å². The van der Waals surface area contributed by atoms with Crippen LogP contribution in [-0.4, -0.2) is 80.5 Å². The van der Waals surface area contributed by atoms with Gasteiger partial charge < -0.3 is 29.7 Å². The predicted molar refractivity (Wildman–Crippen MR) is 121 cm³/mol. The molecule has 0 bridgehead atoms. The number of aliphatic hydroxyl groups is 1.